The van der Waals surface area contributed by atoms with E-state index < -0.39 is 0 Å². The number of hydrogen-bond donors (Lipinski definition) is 1. The molecule has 1 aliphatic heterocycles. The summed E-state index contributed by atoms with van der Waals surface area (Å²) in [4.78, 5) is 4.87. The average molecular weight is 268 g/mol. The fraction of sp³-hybridized carbons (Fsp3) is 1.00. The van der Waals surface area contributed by atoms with Crippen LogP contribution in [-0.4, -0.2) is 60.8 Å². The van der Waals surface area contributed by atoms with Gasteiger partial charge in [-0.05, 0) is 64.2 Å². The van der Waals surface area contributed by atoms with Crippen molar-refractivity contribution < 1.29 is 5.11 Å². The van der Waals surface area contributed by atoms with Crippen molar-refractivity contribution in [2.24, 2.45) is 11.3 Å². The third kappa shape index (κ3) is 3.71. The monoisotopic (exact) mass is 268 g/mol. The van der Waals surface area contributed by atoms with Crippen LogP contribution in [0.15, 0.2) is 0 Å². The van der Waals surface area contributed by atoms with Crippen molar-refractivity contribution in [1.29, 1.82) is 0 Å². The van der Waals surface area contributed by atoms with Crippen LogP contribution in [0, 0.1) is 11.3 Å². The maximum atomic E-state index is 10.6. The van der Waals surface area contributed by atoms with Crippen molar-refractivity contribution >= 4 is 0 Å². The molecule has 0 bridgehead atoms. The standard InChI is InChI=1S/C16H32N2O/c1-16(2)9-5-6-14(15(16)19)18-10-7-13(8-11-18)12-17(3)4/h13-15,19H,5-12H2,1-4H3. The molecule has 1 aliphatic carbocycles. The number of hydrogen-bond acceptors (Lipinski definition) is 3. The van der Waals surface area contributed by atoms with Gasteiger partial charge in [-0.25, -0.2) is 0 Å². The SMILES string of the molecule is CN(C)CC1CCN(C2CCCC(C)(C)C2O)CC1. The molecule has 0 aromatic heterocycles. The molecule has 112 valence electrons. The van der Waals surface area contributed by atoms with Crippen molar-refractivity contribution in [3.05, 3.63) is 0 Å². The van der Waals surface area contributed by atoms with Crippen molar-refractivity contribution in [2.75, 3.05) is 33.7 Å². The summed E-state index contributed by atoms with van der Waals surface area (Å²) in [6.45, 7) is 8.02. The van der Waals surface area contributed by atoms with Gasteiger partial charge in [0.25, 0.3) is 0 Å². The first-order chi connectivity index (χ1) is 8.90. The molecular formula is C16H32N2O. The average Bonchev–Trinajstić information content (AvgIpc) is 2.33. The third-order valence-electron chi connectivity index (χ3n) is 5.23. The summed E-state index contributed by atoms with van der Waals surface area (Å²) in [5, 5.41) is 10.6. The Kier molecular flexibility index (Phi) is 4.91. The van der Waals surface area contributed by atoms with E-state index in [1.54, 1.807) is 0 Å². The molecule has 2 unspecified atom stereocenters. The molecule has 3 heteroatoms. The van der Waals surface area contributed by atoms with Gasteiger partial charge in [0, 0.05) is 12.6 Å². The second-order valence-corrected chi connectivity index (χ2v) is 7.63. The fourth-order valence-electron chi connectivity index (χ4n) is 3.96. The lowest BCUT2D eigenvalue weighted by molar-refractivity contribution is -0.0653. The lowest BCUT2D eigenvalue weighted by Crippen LogP contribution is -2.54. The smallest absolute Gasteiger partial charge is 0.0746 e. The van der Waals surface area contributed by atoms with Gasteiger partial charge in [-0.1, -0.05) is 20.3 Å². The number of likely N-dealkylation sites (tertiary alicyclic amines) is 1. The van der Waals surface area contributed by atoms with Gasteiger partial charge >= 0.3 is 0 Å². The number of aliphatic hydroxyl groups is 1. The maximum Gasteiger partial charge on any atom is 0.0746 e. The normalized spacial score (nSPS) is 33.8. The molecule has 1 heterocycles. The molecule has 1 saturated carbocycles. The minimum Gasteiger partial charge on any atom is -0.391 e. The number of nitrogens with zero attached hydrogens (tertiary/aromatic N) is 2. The lowest BCUT2D eigenvalue weighted by atomic mass is 9.71. The van der Waals surface area contributed by atoms with Crippen LogP contribution < -0.4 is 0 Å². The third-order valence-corrected chi connectivity index (χ3v) is 5.23. The maximum absolute atomic E-state index is 10.6. The first-order valence-electron chi connectivity index (χ1n) is 7.97. The molecule has 1 N–H and O–H groups in total. The van der Waals surface area contributed by atoms with E-state index in [4.69, 9.17) is 0 Å². The Hall–Kier alpha value is -0.120. The molecule has 0 spiro atoms. The molecule has 0 aromatic rings. The van der Waals surface area contributed by atoms with Crippen LogP contribution in [0.1, 0.15) is 46.0 Å². The second kappa shape index (κ2) is 6.11. The van der Waals surface area contributed by atoms with Crippen LogP contribution in [-0.2, 0) is 0 Å². The number of piperidine rings is 1. The summed E-state index contributed by atoms with van der Waals surface area (Å²) in [6, 6.07) is 0.407. The van der Waals surface area contributed by atoms with E-state index in [0.29, 0.717) is 6.04 Å². The van der Waals surface area contributed by atoms with Gasteiger partial charge in [-0.15, -0.1) is 0 Å². The topological polar surface area (TPSA) is 26.7 Å². The van der Waals surface area contributed by atoms with Crippen LogP contribution in [0.4, 0.5) is 0 Å². The minimum atomic E-state index is -0.147. The highest BCUT2D eigenvalue weighted by Gasteiger charge is 2.41. The number of aliphatic hydroxyl groups excluding tert-OH is 1. The summed E-state index contributed by atoms with van der Waals surface area (Å²) in [5.41, 5.74) is 0.101. The Morgan fingerprint density at radius 1 is 1.16 bits per heavy atom. The predicted octanol–water partition coefficient (Wildman–Crippen LogP) is 2.20. The fourth-order valence-corrected chi connectivity index (χ4v) is 3.96. The molecule has 2 aliphatic rings. The molecule has 0 amide bonds. The summed E-state index contributed by atoms with van der Waals surface area (Å²) in [6.07, 6.45) is 6.06. The zero-order valence-electron chi connectivity index (χ0n) is 13.2. The summed E-state index contributed by atoms with van der Waals surface area (Å²) in [5.74, 6) is 0.847. The van der Waals surface area contributed by atoms with Gasteiger partial charge in [-0.3, -0.25) is 4.90 Å². The zero-order chi connectivity index (χ0) is 14.0. The van der Waals surface area contributed by atoms with E-state index in [0.717, 1.165) is 5.92 Å². The Labute approximate surface area is 119 Å². The van der Waals surface area contributed by atoms with Crippen LogP contribution in [0.5, 0.6) is 0 Å². The quantitative estimate of drug-likeness (QED) is 0.850. The molecule has 2 fully saturated rings. The van der Waals surface area contributed by atoms with Crippen LogP contribution >= 0.6 is 0 Å². The first kappa shape index (κ1) is 15.3. The van der Waals surface area contributed by atoms with Crippen molar-refractivity contribution in [2.45, 2.75) is 58.1 Å². The predicted molar refractivity (Wildman–Crippen MR) is 80.3 cm³/mol. The molecule has 0 aromatic carbocycles. The van der Waals surface area contributed by atoms with Gasteiger partial charge < -0.3 is 10.0 Å². The van der Waals surface area contributed by atoms with E-state index >= 15 is 0 Å². The van der Waals surface area contributed by atoms with Gasteiger partial charge in [0.15, 0.2) is 0 Å². The first-order valence-corrected chi connectivity index (χ1v) is 7.97. The van der Waals surface area contributed by atoms with Crippen molar-refractivity contribution in [3.8, 4) is 0 Å². The van der Waals surface area contributed by atoms with E-state index in [9.17, 15) is 5.11 Å². The van der Waals surface area contributed by atoms with E-state index in [2.05, 4.69) is 37.7 Å². The Morgan fingerprint density at radius 3 is 2.37 bits per heavy atom. The van der Waals surface area contributed by atoms with Gasteiger partial charge in [0.2, 0.25) is 0 Å². The largest absolute Gasteiger partial charge is 0.391 e. The lowest BCUT2D eigenvalue weighted by Gasteiger charge is -2.47. The van der Waals surface area contributed by atoms with Crippen molar-refractivity contribution in [1.82, 2.24) is 9.80 Å². The highest BCUT2D eigenvalue weighted by atomic mass is 16.3. The zero-order valence-corrected chi connectivity index (χ0v) is 13.2. The molecule has 3 nitrogen and oxygen atoms in total. The van der Waals surface area contributed by atoms with Crippen LogP contribution in [0.25, 0.3) is 0 Å². The second-order valence-electron chi connectivity index (χ2n) is 7.63. The Balaban J connectivity index is 1.87. The molecule has 0 radical (unpaired) electrons. The summed E-state index contributed by atoms with van der Waals surface area (Å²) >= 11 is 0. The Bertz CT molecular complexity index is 282. The highest BCUT2D eigenvalue weighted by Crippen LogP contribution is 2.38. The van der Waals surface area contributed by atoms with Gasteiger partial charge in [-0.2, -0.15) is 0 Å². The summed E-state index contributed by atoms with van der Waals surface area (Å²) < 4.78 is 0. The summed E-state index contributed by atoms with van der Waals surface area (Å²) in [7, 11) is 4.33. The molecule has 2 rings (SSSR count). The highest BCUT2D eigenvalue weighted by molar-refractivity contribution is 4.94. The molecule has 1 saturated heterocycles. The van der Waals surface area contributed by atoms with Gasteiger partial charge in [0.05, 0.1) is 6.10 Å². The van der Waals surface area contributed by atoms with E-state index in [-0.39, 0.29) is 11.5 Å². The van der Waals surface area contributed by atoms with Crippen LogP contribution in [0.2, 0.25) is 0 Å². The van der Waals surface area contributed by atoms with Crippen LogP contribution in [0.3, 0.4) is 0 Å². The van der Waals surface area contributed by atoms with E-state index in [1.165, 1.54) is 51.7 Å². The van der Waals surface area contributed by atoms with Gasteiger partial charge in [0.1, 0.15) is 0 Å². The molecule has 19 heavy (non-hydrogen) atoms. The van der Waals surface area contributed by atoms with E-state index in [1.807, 2.05) is 0 Å². The van der Waals surface area contributed by atoms with Crippen molar-refractivity contribution in [3.63, 3.8) is 0 Å². The minimum absolute atomic E-state index is 0.101. The molecular weight excluding hydrogens is 236 g/mol. The molecule has 2 atom stereocenters. The Morgan fingerprint density at radius 2 is 1.79 bits per heavy atom. The number of rotatable bonds is 3.